The van der Waals surface area contributed by atoms with Gasteiger partial charge < -0.3 is 0 Å². The Kier molecular flexibility index (Phi) is 22.5. The third-order valence-electron chi connectivity index (χ3n) is 0.114. The van der Waals surface area contributed by atoms with Crippen LogP contribution in [0.25, 0.3) is 0 Å². The van der Waals surface area contributed by atoms with E-state index in [1.807, 2.05) is 0 Å². The van der Waals surface area contributed by atoms with Crippen LogP contribution in [0, 0.1) is 0 Å². The van der Waals surface area contributed by atoms with Gasteiger partial charge in [-0.3, -0.25) is 0 Å². The molecular weight excluding hydrogens is 228 g/mol. The van der Waals surface area contributed by atoms with Gasteiger partial charge in [0.05, 0.1) is 0 Å². The maximum absolute atomic E-state index is 9.32. The molecule has 0 aliphatic rings. The quantitative estimate of drug-likeness (QED) is 0.647. The molecule has 0 aliphatic carbocycles. The maximum Gasteiger partial charge on any atom is 0 e. The monoisotopic (exact) mass is 230 g/mol. The van der Waals surface area contributed by atoms with Crippen LogP contribution in [0.15, 0.2) is 0 Å². The van der Waals surface area contributed by atoms with Crippen molar-refractivity contribution in [2.75, 3.05) is 0 Å². The van der Waals surface area contributed by atoms with E-state index in [1.54, 1.807) is 0 Å². The van der Waals surface area contributed by atoms with Gasteiger partial charge in [-0.05, 0) is 0 Å². The van der Waals surface area contributed by atoms with E-state index in [9.17, 15) is 4.79 Å². The molecule has 0 aliphatic heterocycles. The van der Waals surface area contributed by atoms with Gasteiger partial charge in [0.25, 0.3) is 0 Å². The molecule has 0 unspecified atom stereocenters. The number of hydrogen-bond acceptors (Lipinski definition) is 1. The van der Waals surface area contributed by atoms with Crippen molar-refractivity contribution in [3.63, 3.8) is 0 Å². The fourth-order valence-corrected chi connectivity index (χ4v) is 0. The first kappa shape index (κ1) is 15.7. The Balaban J connectivity index is -0.0000000800. The number of rotatable bonds is 1. The normalized spacial score (nSPS) is 5.29. The standard InChI is InChI=1S/C2H3O2.Mn.2Ni/c1-2(3)4;;;/h1H2,(H,3,4);;;. The smallest absolute Gasteiger partial charge is 0 e. The Labute approximate surface area is 70.1 Å². The average Bonchev–Trinajstić information content (AvgIpc) is 1.38. The fraction of sp³-hybridized carbons (Fsp3) is 0.500. The molecule has 0 rings (SSSR count). The van der Waals surface area contributed by atoms with Crippen molar-refractivity contribution in [2.45, 2.75) is 5.32 Å². The minimum atomic E-state index is -0.829. The molecule has 50 valence electrons. The van der Waals surface area contributed by atoms with Gasteiger partial charge in [-0.2, -0.15) is 0 Å². The molecule has 7 heavy (non-hydrogen) atoms. The molecule has 0 atom stereocenters. The summed E-state index contributed by atoms with van der Waals surface area (Å²) in [5.74, 6) is -0.829. The average molecular weight is 231 g/mol. The van der Waals surface area contributed by atoms with Gasteiger partial charge >= 0.3 is 37.2 Å². The second-order valence-electron chi connectivity index (χ2n) is 0.527. The van der Waals surface area contributed by atoms with Crippen LogP contribution in [-0.4, -0.2) is 11.1 Å². The zero-order valence-corrected chi connectivity index (χ0v) is 6.23. The van der Waals surface area contributed by atoms with Gasteiger partial charge in [-0.15, -0.1) is 0 Å². The Morgan fingerprint density at radius 3 is 1.71 bits per heavy atom. The van der Waals surface area contributed by atoms with Crippen LogP contribution in [0.5, 0.6) is 0 Å². The molecule has 0 aromatic rings. The van der Waals surface area contributed by atoms with E-state index in [1.165, 1.54) is 0 Å². The van der Waals surface area contributed by atoms with Crippen LogP contribution in [0.4, 0.5) is 0 Å². The summed E-state index contributed by atoms with van der Waals surface area (Å²) in [6.45, 7) is 0. The Morgan fingerprint density at radius 1 is 1.57 bits per heavy atom. The molecular formula is C2H3MnNi2O2. The van der Waals surface area contributed by atoms with E-state index in [0.717, 1.165) is 0 Å². The third kappa shape index (κ3) is 19.5. The molecule has 0 heterocycles. The predicted molar refractivity (Wildman–Crippen MR) is 12.4 cm³/mol. The summed E-state index contributed by atoms with van der Waals surface area (Å²) in [4.78, 5) is 9.32. The van der Waals surface area contributed by atoms with Crippen LogP contribution in [0.2, 0.25) is 5.32 Å². The molecule has 0 fully saturated rings. The van der Waals surface area contributed by atoms with Gasteiger partial charge in [0, 0.05) is 33.0 Å². The molecule has 0 aromatic carbocycles. The van der Waals surface area contributed by atoms with Crippen molar-refractivity contribution in [2.24, 2.45) is 0 Å². The first-order valence-corrected chi connectivity index (χ1v) is 1.88. The number of hydrogen-bond donors (Lipinski definition) is 1. The molecule has 5 heteroatoms. The largest absolute Gasteiger partial charge is 0 e. The first-order valence-electron chi connectivity index (χ1n) is 1.05. The molecule has 1 N–H and O–H groups in total. The van der Waals surface area contributed by atoms with E-state index < -0.39 is 5.97 Å². The summed E-state index contributed by atoms with van der Waals surface area (Å²) in [6.07, 6.45) is 0. The summed E-state index contributed by atoms with van der Waals surface area (Å²) in [5, 5.41) is 7.71. The van der Waals surface area contributed by atoms with Crippen LogP contribution >= 0.6 is 0 Å². The third-order valence-corrected chi connectivity index (χ3v) is 0.471. The van der Waals surface area contributed by atoms with Crippen LogP contribution in [-0.2, 0) is 53.8 Å². The molecule has 0 radical (unpaired) electrons. The maximum atomic E-state index is 9.32. The number of aliphatic carboxylic acids is 1. The van der Waals surface area contributed by atoms with Crippen molar-refractivity contribution in [3.8, 4) is 0 Å². The van der Waals surface area contributed by atoms with Gasteiger partial charge in [0.1, 0.15) is 0 Å². The zero-order chi connectivity index (χ0) is 4.28. The topological polar surface area (TPSA) is 37.3 Å². The number of carboxylic acids is 1. The van der Waals surface area contributed by atoms with E-state index in [4.69, 9.17) is 5.11 Å². The van der Waals surface area contributed by atoms with E-state index in [2.05, 4.69) is 16.0 Å². The first-order chi connectivity index (χ1) is 2.27. The van der Waals surface area contributed by atoms with Gasteiger partial charge in [0.2, 0.25) is 0 Å². The number of carboxylic acid groups (broad SMARTS) is 1. The van der Waals surface area contributed by atoms with Crippen LogP contribution in [0.1, 0.15) is 0 Å². The summed E-state index contributed by atoms with van der Waals surface area (Å²) in [6, 6.07) is 0. The SMILES string of the molecule is O=C(O)[CH2][Mn].[Ni].[Ni]. The molecule has 0 aromatic heterocycles. The van der Waals surface area contributed by atoms with Crippen molar-refractivity contribution in [1.29, 1.82) is 0 Å². The van der Waals surface area contributed by atoms with Crippen molar-refractivity contribution in [1.82, 2.24) is 0 Å². The van der Waals surface area contributed by atoms with Gasteiger partial charge in [-0.1, -0.05) is 0 Å². The second-order valence-corrected chi connectivity index (χ2v) is 0.945. The van der Waals surface area contributed by atoms with Crippen LogP contribution in [0.3, 0.4) is 0 Å². The minimum Gasteiger partial charge on any atom is 0 e. The molecule has 0 saturated carbocycles. The molecule has 2 nitrogen and oxygen atoms in total. The van der Waals surface area contributed by atoms with E-state index >= 15 is 0 Å². The molecule has 0 amide bonds. The molecule has 0 bridgehead atoms. The summed E-state index contributed by atoms with van der Waals surface area (Å²) >= 11 is 2.71. The fourth-order valence-electron chi connectivity index (χ4n) is 0. The second kappa shape index (κ2) is 10.1. The van der Waals surface area contributed by atoms with E-state index in [0.29, 0.717) is 0 Å². The van der Waals surface area contributed by atoms with Gasteiger partial charge in [-0.25, -0.2) is 0 Å². The van der Waals surface area contributed by atoms with Crippen molar-refractivity contribution < 1.29 is 58.9 Å². The van der Waals surface area contributed by atoms with Gasteiger partial charge in [0.15, 0.2) is 0 Å². The van der Waals surface area contributed by atoms with Crippen molar-refractivity contribution in [3.05, 3.63) is 0 Å². The number of carbonyl (C=O) groups is 1. The molecule has 0 saturated heterocycles. The van der Waals surface area contributed by atoms with Crippen LogP contribution < -0.4 is 0 Å². The zero-order valence-electron chi connectivity index (χ0n) is 3.07. The van der Waals surface area contributed by atoms with E-state index in [-0.39, 0.29) is 38.3 Å². The Morgan fingerprint density at radius 2 is 1.71 bits per heavy atom. The predicted octanol–water partition coefficient (Wildman–Crippen LogP) is 0.0311. The summed E-state index contributed by atoms with van der Waals surface area (Å²) in [7, 11) is 0. The minimum absolute atomic E-state index is 0. The Bertz CT molecular complexity index is 49.0. The Hall–Kier alpha value is 0.976. The summed E-state index contributed by atoms with van der Waals surface area (Å²) in [5.41, 5.74) is 0. The summed E-state index contributed by atoms with van der Waals surface area (Å²) < 4.78 is 0. The van der Waals surface area contributed by atoms with Crippen molar-refractivity contribution >= 4 is 5.97 Å². The molecule has 0 spiro atoms.